The van der Waals surface area contributed by atoms with Crippen LogP contribution in [0.2, 0.25) is 0 Å². The lowest BCUT2D eigenvalue weighted by Crippen LogP contribution is -2.37. The van der Waals surface area contributed by atoms with Crippen LogP contribution < -0.4 is 0 Å². The van der Waals surface area contributed by atoms with Gasteiger partial charge in [-0.1, -0.05) is 13.8 Å². The van der Waals surface area contributed by atoms with Crippen molar-refractivity contribution in [1.29, 1.82) is 5.26 Å². The molecule has 2 aromatic rings. The number of ketones is 1. The molecule has 0 saturated heterocycles. The Bertz CT molecular complexity index is 1070. The molecule has 6 nitrogen and oxygen atoms in total. The van der Waals surface area contributed by atoms with E-state index < -0.39 is 10.0 Å². The Labute approximate surface area is 179 Å². The molecule has 160 valence electrons. The smallest absolute Gasteiger partial charge is 0.243 e. The number of hydrogen-bond acceptors (Lipinski definition) is 4. The number of hydrogen-bond donors (Lipinski definition) is 0. The van der Waals surface area contributed by atoms with Crippen molar-refractivity contribution in [3.63, 3.8) is 0 Å². The molecule has 0 aliphatic heterocycles. The molecule has 0 N–H and O–H groups in total. The average Bonchev–Trinajstić information content (AvgIpc) is 3.50. The fraction of sp³-hybridized carbons (Fsp3) is 0.478. The van der Waals surface area contributed by atoms with Crippen LogP contribution in [0.3, 0.4) is 0 Å². The molecular weight excluding hydrogens is 398 g/mol. The number of benzene rings is 1. The summed E-state index contributed by atoms with van der Waals surface area (Å²) in [6.45, 7) is 8.93. The summed E-state index contributed by atoms with van der Waals surface area (Å²) in [5, 5.41) is 8.95. The van der Waals surface area contributed by atoms with E-state index in [0.717, 1.165) is 37.2 Å². The molecule has 0 radical (unpaired) electrons. The highest BCUT2D eigenvalue weighted by Gasteiger charge is 2.39. The summed E-state index contributed by atoms with van der Waals surface area (Å²) in [4.78, 5) is 13.2. The van der Waals surface area contributed by atoms with Gasteiger partial charge >= 0.3 is 0 Å². The van der Waals surface area contributed by atoms with Crippen molar-refractivity contribution >= 4 is 15.8 Å². The number of nitriles is 1. The molecule has 7 heteroatoms. The number of carbonyl (C=O) groups excluding carboxylic acids is 1. The van der Waals surface area contributed by atoms with E-state index in [-0.39, 0.29) is 23.3 Å². The molecule has 0 spiro atoms. The molecule has 1 aromatic heterocycles. The number of aryl methyl sites for hydroxylation is 1. The Morgan fingerprint density at radius 2 is 1.87 bits per heavy atom. The molecule has 0 bridgehead atoms. The fourth-order valence-corrected chi connectivity index (χ4v) is 5.29. The van der Waals surface area contributed by atoms with Crippen LogP contribution in [-0.2, 0) is 16.6 Å². The summed E-state index contributed by atoms with van der Waals surface area (Å²) in [6, 6.07) is 9.57. The Balaban J connectivity index is 1.84. The lowest BCUT2D eigenvalue weighted by Gasteiger charge is -2.21. The zero-order valence-corrected chi connectivity index (χ0v) is 18.9. The maximum Gasteiger partial charge on any atom is 0.243 e. The summed E-state index contributed by atoms with van der Waals surface area (Å²) >= 11 is 0. The third-order valence-electron chi connectivity index (χ3n) is 5.65. The van der Waals surface area contributed by atoms with Crippen molar-refractivity contribution in [2.75, 3.05) is 6.54 Å². The molecule has 0 atom stereocenters. The van der Waals surface area contributed by atoms with Gasteiger partial charge in [0.25, 0.3) is 0 Å². The van der Waals surface area contributed by atoms with Crippen LogP contribution >= 0.6 is 0 Å². The van der Waals surface area contributed by atoms with Crippen molar-refractivity contribution < 1.29 is 13.2 Å². The summed E-state index contributed by atoms with van der Waals surface area (Å²) < 4.78 is 29.9. The van der Waals surface area contributed by atoms with E-state index in [2.05, 4.69) is 18.4 Å². The Morgan fingerprint density at radius 1 is 1.23 bits per heavy atom. The monoisotopic (exact) mass is 427 g/mol. The van der Waals surface area contributed by atoms with Crippen molar-refractivity contribution in [3.8, 4) is 6.07 Å². The number of Topliss-reactive ketones (excluding diaryl/α,β-unsaturated/α-hetero) is 1. The number of nitrogens with zero attached hydrogens (tertiary/aromatic N) is 3. The van der Waals surface area contributed by atoms with Gasteiger partial charge in [-0.25, -0.2) is 8.42 Å². The first-order chi connectivity index (χ1) is 14.1. The first kappa shape index (κ1) is 22.3. The average molecular weight is 428 g/mol. The van der Waals surface area contributed by atoms with Gasteiger partial charge in [0.1, 0.15) is 0 Å². The van der Waals surface area contributed by atoms with E-state index in [1.807, 2.05) is 26.0 Å². The normalized spacial score (nSPS) is 14.3. The lowest BCUT2D eigenvalue weighted by atomic mass is 10.1. The summed E-state index contributed by atoms with van der Waals surface area (Å²) in [6.07, 6.45) is 2.54. The third-order valence-corrected chi connectivity index (χ3v) is 7.56. The first-order valence-electron chi connectivity index (χ1n) is 10.4. The second kappa shape index (κ2) is 8.75. The van der Waals surface area contributed by atoms with Gasteiger partial charge in [-0.2, -0.15) is 9.57 Å². The van der Waals surface area contributed by atoms with E-state index in [4.69, 9.17) is 5.26 Å². The minimum Gasteiger partial charge on any atom is -0.348 e. The fourth-order valence-electron chi connectivity index (χ4n) is 3.65. The highest BCUT2D eigenvalue weighted by Crippen LogP contribution is 2.32. The van der Waals surface area contributed by atoms with E-state index in [1.54, 1.807) is 0 Å². The molecule has 1 aromatic carbocycles. The molecule has 1 fully saturated rings. The van der Waals surface area contributed by atoms with Crippen LogP contribution in [0.5, 0.6) is 0 Å². The molecule has 3 rings (SSSR count). The second-order valence-corrected chi connectivity index (χ2v) is 10.4. The topological polar surface area (TPSA) is 83.2 Å². The minimum absolute atomic E-state index is 0.114. The van der Waals surface area contributed by atoms with Gasteiger partial charge in [-0.3, -0.25) is 4.79 Å². The zero-order chi connectivity index (χ0) is 22.1. The predicted molar refractivity (Wildman–Crippen MR) is 116 cm³/mol. The van der Waals surface area contributed by atoms with Crippen LogP contribution in [-0.4, -0.2) is 35.7 Å². The molecule has 1 aliphatic rings. The molecule has 0 amide bonds. The summed E-state index contributed by atoms with van der Waals surface area (Å²) in [5.41, 5.74) is 2.91. The lowest BCUT2D eigenvalue weighted by molar-refractivity contribution is 0.0963. The molecule has 0 unspecified atom stereocenters. The number of aromatic nitrogens is 1. The van der Waals surface area contributed by atoms with Crippen molar-refractivity contribution in [2.24, 2.45) is 5.92 Å². The van der Waals surface area contributed by atoms with E-state index in [0.29, 0.717) is 17.0 Å². The number of carbonyl (C=O) groups is 1. The van der Waals surface area contributed by atoms with Crippen LogP contribution in [0.25, 0.3) is 0 Å². The molecule has 1 heterocycles. The van der Waals surface area contributed by atoms with Gasteiger partial charge in [0.2, 0.25) is 10.0 Å². The first-order valence-corrected chi connectivity index (χ1v) is 11.8. The molecular formula is C23H29N3O3S. The van der Waals surface area contributed by atoms with Crippen LogP contribution in [0.4, 0.5) is 0 Å². The van der Waals surface area contributed by atoms with Crippen LogP contribution in [0.1, 0.15) is 60.4 Å². The van der Waals surface area contributed by atoms with Gasteiger partial charge < -0.3 is 4.57 Å². The number of sulfonamides is 1. The van der Waals surface area contributed by atoms with Gasteiger partial charge in [-0.15, -0.1) is 0 Å². The maximum absolute atomic E-state index is 13.2. The van der Waals surface area contributed by atoms with E-state index >= 15 is 0 Å². The second-order valence-electron chi connectivity index (χ2n) is 8.46. The van der Waals surface area contributed by atoms with Crippen LogP contribution in [0.15, 0.2) is 35.2 Å². The highest BCUT2D eigenvalue weighted by atomic mass is 32.2. The largest absolute Gasteiger partial charge is 0.348 e. The summed E-state index contributed by atoms with van der Waals surface area (Å²) in [5.74, 6) is 0.385. The zero-order valence-electron chi connectivity index (χ0n) is 18.1. The summed E-state index contributed by atoms with van der Waals surface area (Å²) in [7, 11) is -3.81. The van der Waals surface area contributed by atoms with Crippen molar-refractivity contribution in [3.05, 3.63) is 52.8 Å². The van der Waals surface area contributed by atoms with Gasteiger partial charge in [0, 0.05) is 29.5 Å². The van der Waals surface area contributed by atoms with Crippen molar-refractivity contribution in [1.82, 2.24) is 8.87 Å². The van der Waals surface area contributed by atoms with E-state index in [1.165, 1.54) is 28.6 Å². The standard InChI is InChI=1S/C23H29N3O3S/c1-16(2)11-12-25-17(3)13-22(18(25)4)23(27)15-26(20-7-8-20)30(28,29)21-9-5-19(14-24)6-10-21/h5-6,9-10,13,16,20H,7-8,11-12,15H2,1-4H3. The van der Waals surface area contributed by atoms with Gasteiger partial charge in [0.15, 0.2) is 5.78 Å². The van der Waals surface area contributed by atoms with Gasteiger partial charge in [0.05, 0.1) is 23.1 Å². The Morgan fingerprint density at radius 3 is 2.40 bits per heavy atom. The molecule has 1 aliphatic carbocycles. The quantitative estimate of drug-likeness (QED) is 0.565. The molecule has 1 saturated carbocycles. The Hall–Kier alpha value is -2.43. The third kappa shape index (κ3) is 4.66. The predicted octanol–water partition coefficient (Wildman–Crippen LogP) is 4.06. The van der Waals surface area contributed by atoms with E-state index in [9.17, 15) is 13.2 Å². The number of rotatable bonds is 9. The van der Waals surface area contributed by atoms with Crippen molar-refractivity contribution in [2.45, 2.75) is 64.4 Å². The van der Waals surface area contributed by atoms with Crippen LogP contribution in [0, 0.1) is 31.1 Å². The maximum atomic E-state index is 13.2. The highest BCUT2D eigenvalue weighted by molar-refractivity contribution is 7.89. The van der Waals surface area contributed by atoms with Gasteiger partial charge in [-0.05, 0) is 69.4 Å². The Kier molecular flexibility index (Phi) is 6.49. The SMILES string of the molecule is Cc1cc(C(=O)CN(C2CC2)S(=O)(=O)c2ccc(C#N)cc2)c(C)n1CCC(C)C. The minimum atomic E-state index is -3.81. The molecule has 30 heavy (non-hydrogen) atoms.